The van der Waals surface area contributed by atoms with Gasteiger partial charge >= 0.3 is 0 Å². The molecular formula is C13H22N4O. The van der Waals surface area contributed by atoms with Crippen LogP contribution in [0.3, 0.4) is 0 Å². The minimum atomic E-state index is 0.551. The smallest absolute Gasteiger partial charge is 0.228 e. The number of ether oxygens (including phenoxy) is 1. The summed E-state index contributed by atoms with van der Waals surface area (Å²) in [7, 11) is 0. The van der Waals surface area contributed by atoms with Crippen molar-refractivity contribution >= 4 is 5.95 Å². The Kier molecular flexibility index (Phi) is 4.75. The Morgan fingerprint density at radius 3 is 2.94 bits per heavy atom. The van der Waals surface area contributed by atoms with E-state index in [0.717, 1.165) is 18.9 Å². The third-order valence-corrected chi connectivity index (χ3v) is 3.21. The summed E-state index contributed by atoms with van der Waals surface area (Å²) in [6.45, 7) is 4.20. The van der Waals surface area contributed by atoms with E-state index >= 15 is 0 Å². The second-order valence-corrected chi connectivity index (χ2v) is 4.61. The second kappa shape index (κ2) is 6.54. The fraction of sp³-hybridized carbons (Fsp3) is 0.692. The van der Waals surface area contributed by atoms with Gasteiger partial charge in [-0.15, -0.1) is 0 Å². The van der Waals surface area contributed by atoms with Crippen LogP contribution in [0.25, 0.3) is 0 Å². The summed E-state index contributed by atoms with van der Waals surface area (Å²) < 4.78 is 5.55. The molecule has 0 bridgehead atoms. The summed E-state index contributed by atoms with van der Waals surface area (Å²) in [4.78, 5) is 11.0. The van der Waals surface area contributed by atoms with Crippen LogP contribution in [0.4, 0.5) is 5.95 Å². The molecule has 5 heteroatoms. The van der Waals surface area contributed by atoms with E-state index in [-0.39, 0.29) is 0 Å². The number of anilines is 1. The van der Waals surface area contributed by atoms with Gasteiger partial charge in [-0.2, -0.15) is 4.98 Å². The van der Waals surface area contributed by atoms with Crippen molar-refractivity contribution in [2.24, 2.45) is 5.73 Å². The van der Waals surface area contributed by atoms with Crippen molar-refractivity contribution in [1.29, 1.82) is 0 Å². The number of aromatic nitrogens is 2. The molecule has 1 aromatic rings. The monoisotopic (exact) mass is 250 g/mol. The number of nitrogens with two attached hydrogens (primary N) is 1. The minimum absolute atomic E-state index is 0.551. The zero-order valence-corrected chi connectivity index (χ0v) is 11.0. The van der Waals surface area contributed by atoms with Gasteiger partial charge in [0.15, 0.2) is 0 Å². The van der Waals surface area contributed by atoms with Crippen LogP contribution < -0.4 is 15.4 Å². The molecule has 0 unspecified atom stereocenters. The van der Waals surface area contributed by atoms with Crippen LogP contribution in [-0.2, 0) is 0 Å². The van der Waals surface area contributed by atoms with Gasteiger partial charge < -0.3 is 15.4 Å². The van der Waals surface area contributed by atoms with Gasteiger partial charge in [0.1, 0.15) is 0 Å². The maximum Gasteiger partial charge on any atom is 0.228 e. The normalized spacial score (nSPS) is 15.2. The summed E-state index contributed by atoms with van der Waals surface area (Å²) in [6.07, 6.45) is 6.45. The maximum absolute atomic E-state index is 5.67. The van der Waals surface area contributed by atoms with Crippen LogP contribution in [0.5, 0.6) is 5.88 Å². The Labute approximate surface area is 108 Å². The summed E-state index contributed by atoms with van der Waals surface area (Å²) in [5, 5.41) is 0. The summed E-state index contributed by atoms with van der Waals surface area (Å²) in [6, 6.07) is 2.36. The predicted octanol–water partition coefficient (Wildman–Crippen LogP) is 1.58. The van der Waals surface area contributed by atoms with Crippen LogP contribution >= 0.6 is 0 Å². The molecule has 0 atom stereocenters. The molecule has 2 N–H and O–H groups in total. The molecule has 1 aliphatic rings. The summed E-state index contributed by atoms with van der Waals surface area (Å²) in [5.74, 6) is 1.40. The highest BCUT2D eigenvalue weighted by Gasteiger charge is 2.26. The number of hydrogen-bond acceptors (Lipinski definition) is 5. The maximum atomic E-state index is 5.67. The van der Waals surface area contributed by atoms with Crippen LogP contribution in [-0.4, -0.2) is 35.7 Å². The van der Waals surface area contributed by atoms with Crippen molar-refractivity contribution in [3.63, 3.8) is 0 Å². The van der Waals surface area contributed by atoms with E-state index in [0.29, 0.717) is 25.1 Å². The van der Waals surface area contributed by atoms with E-state index in [9.17, 15) is 0 Å². The molecule has 100 valence electrons. The summed E-state index contributed by atoms with van der Waals surface area (Å²) >= 11 is 0. The van der Waals surface area contributed by atoms with Crippen LogP contribution in [0.2, 0.25) is 0 Å². The molecule has 0 amide bonds. The first-order valence-electron chi connectivity index (χ1n) is 6.77. The Bertz CT molecular complexity index is 368. The molecule has 1 heterocycles. The van der Waals surface area contributed by atoms with E-state index in [1.807, 2.05) is 0 Å². The summed E-state index contributed by atoms with van der Waals surface area (Å²) in [5.41, 5.74) is 5.67. The minimum Gasteiger partial charge on any atom is -0.478 e. The molecule has 0 radical (unpaired) electrons. The molecule has 0 aliphatic heterocycles. The van der Waals surface area contributed by atoms with Gasteiger partial charge in [0.05, 0.1) is 6.61 Å². The van der Waals surface area contributed by atoms with Crippen molar-refractivity contribution in [2.75, 3.05) is 24.6 Å². The third kappa shape index (κ3) is 3.10. The Morgan fingerprint density at radius 2 is 2.33 bits per heavy atom. The van der Waals surface area contributed by atoms with Crippen molar-refractivity contribution in [3.05, 3.63) is 12.3 Å². The van der Waals surface area contributed by atoms with Gasteiger partial charge in [-0.1, -0.05) is 6.92 Å². The van der Waals surface area contributed by atoms with Crippen molar-refractivity contribution in [3.8, 4) is 5.88 Å². The molecule has 1 fully saturated rings. The molecular weight excluding hydrogens is 228 g/mol. The SMILES string of the molecule is CCCOc1ccnc(N(CCN)C2CCC2)n1. The fourth-order valence-electron chi connectivity index (χ4n) is 2.04. The van der Waals surface area contributed by atoms with Gasteiger partial charge in [-0.05, 0) is 25.7 Å². The average molecular weight is 250 g/mol. The van der Waals surface area contributed by atoms with E-state index in [2.05, 4.69) is 21.8 Å². The Balaban J connectivity index is 2.08. The van der Waals surface area contributed by atoms with Crippen LogP contribution in [0, 0.1) is 0 Å². The highest BCUT2D eigenvalue weighted by molar-refractivity contribution is 5.34. The van der Waals surface area contributed by atoms with Crippen molar-refractivity contribution in [2.45, 2.75) is 38.6 Å². The lowest BCUT2D eigenvalue weighted by atomic mass is 9.91. The number of nitrogens with zero attached hydrogens (tertiary/aromatic N) is 3. The van der Waals surface area contributed by atoms with Crippen LogP contribution in [0.1, 0.15) is 32.6 Å². The zero-order chi connectivity index (χ0) is 12.8. The fourth-order valence-corrected chi connectivity index (χ4v) is 2.04. The molecule has 0 spiro atoms. The average Bonchev–Trinajstić information content (AvgIpc) is 2.34. The van der Waals surface area contributed by atoms with Gasteiger partial charge in [-0.25, -0.2) is 4.98 Å². The first kappa shape index (κ1) is 13.1. The first-order chi connectivity index (χ1) is 8.85. The third-order valence-electron chi connectivity index (χ3n) is 3.21. The van der Waals surface area contributed by atoms with E-state index in [4.69, 9.17) is 10.5 Å². The first-order valence-corrected chi connectivity index (χ1v) is 6.77. The van der Waals surface area contributed by atoms with Gasteiger partial charge in [0, 0.05) is 31.4 Å². The van der Waals surface area contributed by atoms with E-state index in [1.54, 1.807) is 12.3 Å². The molecule has 1 aromatic heterocycles. The second-order valence-electron chi connectivity index (χ2n) is 4.61. The molecule has 0 saturated heterocycles. The number of rotatable bonds is 7. The number of hydrogen-bond donors (Lipinski definition) is 1. The van der Waals surface area contributed by atoms with Crippen molar-refractivity contribution in [1.82, 2.24) is 9.97 Å². The van der Waals surface area contributed by atoms with E-state index < -0.39 is 0 Å². The topological polar surface area (TPSA) is 64.3 Å². The lowest BCUT2D eigenvalue weighted by Gasteiger charge is -2.37. The van der Waals surface area contributed by atoms with E-state index in [1.165, 1.54) is 19.3 Å². The largest absolute Gasteiger partial charge is 0.478 e. The molecule has 2 rings (SSSR count). The Hall–Kier alpha value is -1.36. The molecule has 1 aliphatic carbocycles. The van der Waals surface area contributed by atoms with Gasteiger partial charge in [-0.3, -0.25) is 0 Å². The molecule has 1 saturated carbocycles. The van der Waals surface area contributed by atoms with Gasteiger partial charge in [0.2, 0.25) is 11.8 Å². The standard InChI is InChI=1S/C13H22N4O/c1-2-10-18-12-6-8-15-13(16-12)17(9-7-14)11-4-3-5-11/h6,8,11H,2-5,7,9-10,14H2,1H3. The lowest BCUT2D eigenvalue weighted by Crippen LogP contribution is -2.44. The highest BCUT2D eigenvalue weighted by Crippen LogP contribution is 2.27. The predicted molar refractivity (Wildman–Crippen MR) is 71.9 cm³/mol. The van der Waals surface area contributed by atoms with Crippen LogP contribution in [0.15, 0.2) is 12.3 Å². The lowest BCUT2D eigenvalue weighted by molar-refractivity contribution is 0.303. The van der Waals surface area contributed by atoms with Gasteiger partial charge in [0.25, 0.3) is 0 Å². The zero-order valence-electron chi connectivity index (χ0n) is 11.0. The van der Waals surface area contributed by atoms with Crippen molar-refractivity contribution < 1.29 is 4.74 Å². The Morgan fingerprint density at radius 1 is 1.50 bits per heavy atom. The molecule has 18 heavy (non-hydrogen) atoms. The highest BCUT2D eigenvalue weighted by atomic mass is 16.5. The molecule has 0 aromatic carbocycles. The molecule has 5 nitrogen and oxygen atoms in total. The quantitative estimate of drug-likeness (QED) is 0.796.